The van der Waals surface area contributed by atoms with Crippen LogP contribution in [0.15, 0.2) is 6.07 Å². The summed E-state index contributed by atoms with van der Waals surface area (Å²) in [5.41, 5.74) is -1.47. The van der Waals surface area contributed by atoms with Crippen molar-refractivity contribution in [2.45, 2.75) is 52.7 Å². The smallest absolute Gasteiger partial charge is 0.494 e. The molecule has 1 saturated heterocycles. The average Bonchev–Trinajstić information content (AvgIpc) is 2.77. The van der Waals surface area contributed by atoms with Crippen LogP contribution in [0.2, 0.25) is 0 Å². The Labute approximate surface area is 159 Å². The third-order valence-corrected chi connectivity index (χ3v) is 6.97. The van der Waals surface area contributed by atoms with E-state index in [-0.39, 0.29) is 24.4 Å². The van der Waals surface area contributed by atoms with Crippen LogP contribution >= 0.6 is 7.60 Å². The molecule has 1 fully saturated rings. The molecule has 27 heavy (non-hydrogen) atoms. The summed E-state index contributed by atoms with van der Waals surface area (Å²) in [7, 11) is -4.07. The van der Waals surface area contributed by atoms with Gasteiger partial charge in [-0.05, 0) is 47.6 Å². The lowest BCUT2D eigenvalue weighted by Crippen LogP contribution is -2.45. The predicted octanol–water partition coefficient (Wildman–Crippen LogP) is 3.16. The number of benzene rings is 1. The third-order valence-electron chi connectivity index (χ3n) is 4.78. The number of ether oxygens (including phenoxy) is 1. The summed E-state index contributed by atoms with van der Waals surface area (Å²) < 4.78 is 70.0. The molecule has 0 unspecified atom stereocenters. The Hall–Kier alpha value is -0.985. The van der Waals surface area contributed by atoms with E-state index in [1.165, 1.54) is 13.2 Å². The SMILES string of the molecule is CCOP(=O)(OCC)c1c(B2OC(C)(C)C(C)(C)O2)cc(OC)c(F)c1F. The molecule has 0 aromatic heterocycles. The number of methoxy groups -OCH3 is 1. The number of hydrogen-bond acceptors (Lipinski definition) is 6. The molecular weight excluding hydrogens is 380 g/mol. The van der Waals surface area contributed by atoms with Crippen molar-refractivity contribution in [2.24, 2.45) is 0 Å². The first-order chi connectivity index (χ1) is 12.4. The minimum Gasteiger partial charge on any atom is -0.494 e. The normalized spacial score (nSPS) is 18.8. The number of halogens is 2. The lowest BCUT2D eigenvalue weighted by Gasteiger charge is -2.32. The second kappa shape index (κ2) is 7.80. The molecule has 1 aromatic carbocycles. The summed E-state index contributed by atoms with van der Waals surface area (Å²) in [5, 5.41) is -0.539. The highest BCUT2D eigenvalue weighted by Crippen LogP contribution is 2.48. The molecule has 0 radical (unpaired) electrons. The summed E-state index contributed by atoms with van der Waals surface area (Å²) in [5.74, 6) is -3.02. The van der Waals surface area contributed by atoms with Crippen LogP contribution < -0.4 is 15.5 Å². The topological polar surface area (TPSA) is 63.2 Å². The van der Waals surface area contributed by atoms with Crippen LogP contribution in [0.1, 0.15) is 41.5 Å². The first-order valence-corrected chi connectivity index (χ1v) is 10.3. The molecule has 1 aliphatic rings. The van der Waals surface area contributed by atoms with Gasteiger partial charge in [-0.15, -0.1) is 0 Å². The van der Waals surface area contributed by atoms with Gasteiger partial charge >= 0.3 is 14.7 Å². The minimum atomic E-state index is -4.17. The fourth-order valence-electron chi connectivity index (χ4n) is 2.69. The molecule has 0 bridgehead atoms. The van der Waals surface area contributed by atoms with Crippen LogP contribution in [-0.4, -0.2) is 38.6 Å². The third kappa shape index (κ3) is 3.94. The first-order valence-electron chi connectivity index (χ1n) is 8.75. The zero-order valence-electron chi connectivity index (χ0n) is 16.7. The Morgan fingerprint density at radius 2 is 1.52 bits per heavy atom. The van der Waals surface area contributed by atoms with E-state index >= 15 is 0 Å². The van der Waals surface area contributed by atoms with Crippen LogP contribution in [-0.2, 0) is 22.9 Å². The summed E-state index contributed by atoms with van der Waals surface area (Å²) in [6.07, 6.45) is 0. The van der Waals surface area contributed by atoms with Crippen molar-refractivity contribution >= 4 is 25.5 Å². The van der Waals surface area contributed by atoms with E-state index in [9.17, 15) is 13.3 Å². The number of rotatable bonds is 7. The lowest BCUT2D eigenvalue weighted by molar-refractivity contribution is 0.00578. The van der Waals surface area contributed by atoms with Gasteiger partial charge in [0.05, 0.1) is 31.5 Å². The molecule has 152 valence electrons. The van der Waals surface area contributed by atoms with Gasteiger partial charge in [0, 0.05) is 5.46 Å². The summed E-state index contributed by atoms with van der Waals surface area (Å²) in [6.45, 7) is 10.4. The fourth-order valence-corrected chi connectivity index (χ4v) is 4.53. The van der Waals surface area contributed by atoms with Gasteiger partial charge in [0.1, 0.15) is 5.30 Å². The molecule has 0 amide bonds. The van der Waals surface area contributed by atoms with Gasteiger partial charge < -0.3 is 23.1 Å². The maximum Gasteiger partial charge on any atom is 0.496 e. The van der Waals surface area contributed by atoms with E-state index in [2.05, 4.69) is 0 Å². The highest BCUT2D eigenvalue weighted by Gasteiger charge is 2.54. The molecule has 0 spiro atoms. The van der Waals surface area contributed by atoms with E-state index in [0.29, 0.717) is 0 Å². The van der Waals surface area contributed by atoms with E-state index in [1.807, 2.05) is 27.7 Å². The Morgan fingerprint density at radius 1 is 1.04 bits per heavy atom. The average molecular weight is 406 g/mol. The van der Waals surface area contributed by atoms with Gasteiger partial charge in [-0.1, -0.05) is 0 Å². The monoisotopic (exact) mass is 406 g/mol. The molecule has 1 aliphatic heterocycles. The maximum absolute atomic E-state index is 15.0. The van der Waals surface area contributed by atoms with Crippen molar-refractivity contribution in [3.05, 3.63) is 17.7 Å². The van der Waals surface area contributed by atoms with Crippen molar-refractivity contribution < 1.29 is 36.4 Å². The molecule has 0 atom stereocenters. The molecule has 2 rings (SSSR count). The Bertz CT molecular complexity index is 729. The first kappa shape index (κ1) is 22.3. The van der Waals surface area contributed by atoms with E-state index < -0.39 is 42.9 Å². The molecular formula is C17H26BF2O6P. The van der Waals surface area contributed by atoms with E-state index in [0.717, 1.165) is 0 Å². The standard InChI is InChI=1S/C17H26BF2O6P/c1-8-23-27(21,24-9-2)15-11(10-12(22-7)13(19)14(15)20)18-25-16(3,4)17(5,6)26-18/h10H,8-9H2,1-7H3. The van der Waals surface area contributed by atoms with Crippen molar-refractivity contribution in [2.75, 3.05) is 20.3 Å². The zero-order valence-corrected chi connectivity index (χ0v) is 17.6. The number of hydrogen-bond donors (Lipinski definition) is 0. The Morgan fingerprint density at radius 3 is 1.93 bits per heavy atom. The zero-order chi connectivity index (χ0) is 20.6. The van der Waals surface area contributed by atoms with E-state index in [1.54, 1.807) is 13.8 Å². The Balaban J connectivity index is 2.73. The van der Waals surface area contributed by atoms with Gasteiger partial charge in [-0.2, -0.15) is 4.39 Å². The molecule has 0 aliphatic carbocycles. The molecule has 10 heteroatoms. The van der Waals surface area contributed by atoms with Crippen molar-refractivity contribution in [1.29, 1.82) is 0 Å². The second-order valence-electron chi connectivity index (χ2n) is 7.07. The van der Waals surface area contributed by atoms with Gasteiger partial charge in [-0.3, -0.25) is 4.57 Å². The predicted molar refractivity (Wildman–Crippen MR) is 99.1 cm³/mol. The minimum absolute atomic E-state index is 0.00892. The van der Waals surface area contributed by atoms with Crippen LogP contribution in [0.5, 0.6) is 5.75 Å². The van der Waals surface area contributed by atoms with Crippen LogP contribution in [0.25, 0.3) is 0 Å². The quantitative estimate of drug-likeness (QED) is 0.512. The summed E-state index contributed by atoms with van der Waals surface area (Å²) in [6, 6.07) is 1.21. The van der Waals surface area contributed by atoms with Gasteiger partial charge in [0.25, 0.3) is 0 Å². The highest BCUT2D eigenvalue weighted by molar-refractivity contribution is 7.62. The van der Waals surface area contributed by atoms with Crippen LogP contribution in [0.4, 0.5) is 8.78 Å². The fraction of sp³-hybridized carbons (Fsp3) is 0.647. The molecule has 1 aromatic rings. The second-order valence-corrected chi connectivity index (χ2v) is 9.02. The molecule has 6 nitrogen and oxygen atoms in total. The largest absolute Gasteiger partial charge is 0.496 e. The van der Waals surface area contributed by atoms with Gasteiger partial charge in [0.2, 0.25) is 5.82 Å². The maximum atomic E-state index is 15.0. The highest BCUT2D eigenvalue weighted by atomic mass is 31.2. The van der Waals surface area contributed by atoms with Crippen molar-refractivity contribution in [1.82, 2.24) is 0 Å². The Kier molecular flexibility index (Phi) is 6.44. The molecule has 1 heterocycles. The van der Waals surface area contributed by atoms with Gasteiger partial charge in [0.15, 0.2) is 11.6 Å². The van der Waals surface area contributed by atoms with Crippen molar-refractivity contribution in [3.63, 3.8) is 0 Å². The van der Waals surface area contributed by atoms with Crippen molar-refractivity contribution in [3.8, 4) is 5.75 Å². The van der Waals surface area contributed by atoms with Crippen LogP contribution in [0, 0.1) is 11.6 Å². The van der Waals surface area contributed by atoms with E-state index in [4.69, 9.17) is 23.1 Å². The summed E-state index contributed by atoms with van der Waals surface area (Å²) in [4.78, 5) is 0. The lowest BCUT2D eigenvalue weighted by atomic mass is 9.78. The van der Waals surface area contributed by atoms with Gasteiger partial charge in [-0.25, -0.2) is 4.39 Å². The molecule has 0 N–H and O–H groups in total. The summed E-state index contributed by atoms with van der Waals surface area (Å²) >= 11 is 0. The molecule has 0 saturated carbocycles. The van der Waals surface area contributed by atoms with Crippen LogP contribution in [0.3, 0.4) is 0 Å².